The van der Waals surface area contributed by atoms with Gasteiger partial charge in [-0.2, -0.15) is 0 Å². The van der Waals surface area contributed by atoms with Gasteiger partial charge in [-0.25, -0.2) is 4.98 Å². The van der Waals surface area contributed by atoms with E-state index in [1.165, 1.54) is 0 Å². The summed E-state index contributed by atoms with van der Waals surface area (Å²) in [5.74, 6) is 0.971. The molecule has 1 atom stereocenters. The molecule has 1 saturated heterocycles. The number of carbonyl (C=O) groups excluding carboxylic acids is 1. The number of likely N-dealkylation sites (N-methyl/N-ethyl adjacent to an activating group) is 1. The van der Waals surface area contributed by atoms with Gasteiger partial charge in [0.2, 0.25) is 5.91 Å². The van der Waals surface area contributed by atoms with Crippen molar-refractivity contribution in [2.75, 3.05) is 26.7 Å². The molecular weight excluding hydrogens is 268 g/mol. The highest BCUT2D eigenvalue weighted by atomic mass is 16.3. The lowest BCUT2D eigenvalue weighted by molar-refractivity contribution is -0.139. The first-order valence-electron chi connectivity index (χ1n) is 7.77. The van der Waals surface area contributed by atoms with E-state index in [4.69, 9.17) is 0 Å². The van der Waals surface area contributed by atoms with Crippen LogP contribution in [0.25, 0.3) is 0 Å². The van der Waals surface area contributed by atoms with E-state index in [1.807, 2.05) is 11.1 Å². The van der Waals surface area contributed by atoms with Gasteiger partial charge in [0.1, 0.15) is 5.82 Å². The molecule has 116 valence electrons. The molecule has 3 rings (SSSR count). The van der Waals surface area contributed by atoms with Crippen LogP contribution in [0.2, 0.25) is 0 Å². The van der Waals surface area contributed by atoms with Gasteiger partial charge < -0.3 is 15.0 Å². The van der Waals surface area contributed by atoms with Crippen LogP contribution in [0.15, 0.2) is 12.4 Å². The number of aromatic nitrogens is 2. The van der Waals surface area contributed by atoms with Gasteiger partial charge in [-0.05, 0) is 19.9 Å². The van der Waals surface area contributed by atoms with Crippen molar-refractivity contribution in [3.63, 3.8) is 0 Å². The van der Waals surface area contributed by atoms with E-state index in [9.17, 15) is 9.90 Å². The number of hydrogen-bond donors (Lipinski definition) is 2. The molecule has 0 aromatic carbocycles. The Labute approximate surface area is 125 Å². The van der Waals surface area contributed by atoms with Crippen molar-refractivity contribution in [3.05, 3.63) is 18.2 Å². The van der Waals surface area contributed by atoms with E-state index in [2.05, 4.69) is 21.9 Å². The van der Waals surface area contributed by atoms with Gasteiger partial charge in [0.25, 0.3) is 0 Å². The summed E-state index contributed by atoms with van der Waals surface area (Å²) in [6.07, 6.45) is 7.39. The minimum Gasteiger partial charge on any atom is -0.389 e. The van der Waals surface area contributed by atoms with Gasteiger partial charge in [-0.1, -0.05) is 12.8 Å². The second-order valence-electron chi connectivity index (χ2n) is 6.42. The molecule has 1 aromatic rings. The lowest BCUT2D eigenvalue weighted by atomic mass is 9.97. The van der Waals surface area contributed by atoms with E-state index < -0.39 is 5.60 Å². The third-order valence-corrected chi connectivity index (χ3v) is 4.85. The number of carbonyl (C=O) groups is 1. The molecule has 2 N–H and O–H groups in total. The number of amides is 1. The number of aromatic amines is 1. The number of H-pyrrole nitrogens is 1. The van der Waals surface area contributed by atoms with Crippen molar-refractivity contribution in [2.45, 2.75) is 43.7 Å². The lowest BCUT2D eigenvalue weighted by Gasteiger charge is -2.39. The third kappa shape index (κ3) is 3.11. The molecule has 0 radical (unpaired) electrons. The highest BCUT2D eigenvalue weighted by Gasteiger charge is 2.37. The lowest BCUT2D eigenvalue weighted by Crippen LogP contribution is -2.50. The maximum Gasteiger partial charge on any atom is 0.225 e. The maximum absolute atomic E-state index is 12.5. The number of aliphatic hydroxyl groups is 1. The Balaban J connectivity index is 1.64. The number of nitrogens with zero attached hydrogens (tertiary/aromatic N) is 3. The Morgan fingerprint density at radius 2 is 2.24 bits per heavy atom. The zero-order valence-electron chi connectivity index (χ0n) is 12.6. The fraction of sp³-hybridized carbons (Fsp3) is 0.733. The number of nitrogens with one attached hydrogen (secondary N) is 1. The van der Waals surface area contributed by atoms with E-state index in [0.717, 1.165) is 44.6 Å². The second kappa shape index (κ2) is 5.77. The summed E-state index contributed by atoms with van der Waals surface area (Å²) in [7, 11) is 2.06. The highest BCUT2D eigenvalue weighted by molar-refractivity contribution is 5.77. The Kier molecular flexibility index (Phi) is 3.99. The molecular formula is C15H24N4O2. The van der Waals surface area contributed by atoms with E-state index in [0.29, 0.717) is 6.54 Å². The van der Waals surface area contributed by atoms with E-state index in [1.54, 1.807) is 6.20 Å². The second-order valence-corrected chi connectivity index (χ2v) is 6.42. The fourth-order valence-electron chi connectivity index (χ4n) is 3.46. The molecule has 2 fully saturated rings. The molecule has 2 aliphatic rings. The number of imidazole rings is 1. The van der Waals surface area contributed by atoms with Crippen LogP contribution in [-0.2, 0) is 4.79 Å². The number of hydrogen-bond acceptors (Lipinski definition) is 4. The van der Waals surface area contributed by atoms with Crippen molar-refractivity contribution in [3.8, 4) is 0 Å². The van der Waals surface area contributed by atoms with Gasteiger partial charge >= 0.3 is 0 Å². The van der Waals surface area contributed by atoms with E-state index >= 15 is 0 Å². The van der Waals surface area contributed by atoms with Gasteiger partial charge in [0.15, 0.2) is 0 Å². The number of piperazine rings is 1. The molecule has 6 nitrogen and oxygen atoms in total. The van der Waals surface area contributed by atoms with Crippen molar-refractivity contribution in [1.82, 2.24) is 19.8 Å². The molecule has 1 amide bonds. The Morgan fingerprint density at radius 3 is 2.90 bits per heavy atom. The zero-order valence-corrected chi connectivity index (χ0v) is 12.6. The predicted octanol–water partition coefficient (Wildman–Crippen LogP) is 0.920. The summed E-state index contributed by atoms with van der Waals surface area (Å²) >= 11 is 0. The van der Waals surface area contributed by atoms with Gasteiger partial charge in [0, 0.05) is 32.0 Å². The van der Waals surface area contributed by atoms with Crippen LogP contribution < -0.4 is 0 Å². The molecule has 21 heavy (non-hydrogen) atoms. The van der Waals surface area contributed by atoms with Crippen LogP contribution in [0.5, 0.6) is 0 Å². The predicted molar refractivity (Wildman–Crippen MR) is 78.6 cm³/mol. The molecule has 1 aliphatic heterocycles. The first kappa shape index (κ1) is 14.5. The summed E-state index contributed by atoms with van der Waals surface area (Å²) in [5.41, 5.74) is -0.763. The molecule has 6 heteroatoms. The van der Waals surface area contributed by atoms with Crippen LogP contribution in [0.4, 0.5) is 0 Å². The van der Waals surface area contributed by atoms with Crippen LogP contribution >= 0.6 is 0 Å². The summed E-state index contributed by atoms with van der Waals surface area (Å²) < 4.78 is 0. The molecule has 1 aromatic heterocycles. The molecule has 2 heterocycles. The standard InChI is InChI=1S/C15H24N4O2/c1-18-8-9-19(11-12(18)14-16-6-7-17-14)13(20)10-15(21)4-2-3-5-15/h6-7,12,21H,2-5,8-11H2,1H3,(H,16,17). The van der Waals surface area contributed by atoms with Crippen LogP contribution in [-0.4, -0.2) is 63.1 Å². The summed E-state index contributed by atoms with van der Waals surface area (Å²) in [6, 6.07) is 0.107. The SMILES string of the molecule is CN1CCN(C(=O)CC2(O)CCCC2)CC1c1ncc[nH]1. The maximum atomic E-state index is 12.5. The van der Waals surface area contributed by atoms with Crippen molar-refractivity contribution in [2.24, 2.45) is 0 Å². The van der Waals surface area contributed by atoms with Gasteiger partial charge in [0.05, 0.1) is 18.1 Å². The van der Waals surface area contributed by atoms with E-state index in [-0.39, 0.29) is 18.4 Å². The highest BCUT2D eigenvalue weighted by Crippen LogP contribution is 2.33. The first-order chi connectivity index (χ1) is 10.1. The van der Waals surface area contributed by atoms with Crippen LogP contribution in [0, 0.1) is 0 Å². The first-order valence-corrected chi connectivity index (χ1v) is 7.77. The average Bonchev–Trinajstić information content (AvgIpc) is 3.11. The minimum absolute atomic E-state index is 0.0732. The summed E-state index contributed by atoms with van der Waals surface area (Å²) in [5, 5.41) is 10.4. The molecule has 0 spiro atoms. The molecule has 1 unspecified atom stereocenters. The Hall–Kier alpha value is -1.40. The fourth-order valence-corrected chi connectivity index (χ4v) is 3.46. The zero-order chi connectivity index (χ0) is 14.9. The largest absolute Gasteiger partial charge is 0.389 e. The quantitative estimate of drug-likeness (QED) is 0.869. The monoisotopic (exact) mass is 292 g/mol. The van der Waals surface area contributed by atoms with Gasteiger partial charge in [-0.15, -0.1) is 0 Å². The van der Waals surface area contributed by atoms with Crippen molar-refractivity contribution < 1.29 is 9.90 Å². The smallest absolute Gasteiger partial charge is 0.225 e. The Morgan fingerprint density at radius 1 is 1.48 bits per heavy atom. The summed E-state index contributed by atoms with van der Waals surface area (Å²) in [4.78, 5) is 24.0. The van der Waals surface area contributed by atoms with Crippen LogP contribution in [0.1, 0.15) is 44.0 Å². The Bertz CT molecular complexity index is 482. The minimum atomic E-state index is -0.763. The molecule has 1 aliphatic carbocycles. The summed E-state index contributed by atoms with van der Waals surface area (Å²) in [6.45, 7) is 2.19. The van der Waals surface area contributed by atoms with Crippen molar-refractivity contribution >= 4 is 5.91 Å². The third-order valence-electron chi connectivity index (χ3n) is 4.85. The van der Waals surface area contributed by atoms with Crippen LogP contribution in [0.3, 0.4) is 0 Å². The van der Waals surface area contributed by atoms with Gasteiger partial charge in [-0.3, -0.25) is 9.69 Å². The van der Waals surface area contributed by atoms with Crippen molar-refractivity contribution in [1.29, 1.82) is 0 Å². The normalized spacial score (nSPS) is 26.2. The molecule has 1 saturated carbocycles. The molecule has 0 bridgehead atoms. The number of rotatable bonds is 3. The topological polar surface area (TPSA) is 72.5 Å². The average molecular weight is 292 g/mol.